The molecule has 0 fully saturated rings. The Morgan fingerprint density at radius 2 is 1.67 bits per heavy atom. The van der Waals surface area contributed by atoms with Crippen LogP contribution in [0.5, 0.6) is 0 Å². The molecule has 2 aromatic carbocycles. The standard InChI is InChI=1S/C21H21N3O2S/c1-14-19(27-15(2)23-14)21(26)24-18-11-7-6-10-17(18)20(25)22-13-12-16-8-4-3-5-9-16/h3-11H,12-13H2,1-2H3,(H,22,25)(H,24,26). The second kappa shape index (κ2) is 8.60. The summed E-state index contributed by atoms with van der Waals surface area (Å²) in [6, 6.07) is 17.0. The first-order chi connectivity index (χ1) is 13.0. The molecule has 2 amide bonds. The molecule has 3 rings (SSSR count). The highest BCUT2D eigenvalue weighted by Crippen LogP contribution is 2.21. The lowest BCUT2D eigenvalue weighted by atomic mass is 10.1. The van der Waals surface area contributed by atoms with E-state index in [-0.39, 0.29) is 11.8 Å². The molecule has 3 aromatic rings. The number of nitrogens with one attached hydrogen (secondary N) is 2. The predicted octanol–water partition coefficient (Wildman–Crippen LogP) is 3.98. The van der Waals surface area contributed by atoms with Gasteiger partial charge >= 0.3 is 0 Å². The van der Waals surface area contributed by atoms with Gasteiger partial charge in [0.25, 0.3) is 11.8 Å². The van der Waals surface area contributed by atoms with Crippen LogP contribution in [0.3, 0.4) is 0 Å². The third-order valence-corrected chi connectivity index (χ3v) is 5.14. The summed E-state index contributed by atoms with van der Waals surface area (Å²) < 4.78 is 0. The number of carbonyl (C=O) groups is 2. The van der Waals surface area contributed by atoms with Gasteiger partial charge in [-0.3, -0.25) is 9.59 Å². The SMILES string of the molecule is Cc1nc(C)c(C(=O)Nc2ccccc2C(=O)NCCc2ccccc2)s1. The van der Waals surface area contributed by atoms with Crippen LogP contribution in [-0.2, 0) is 6.42 Å². The number of aromatic nitrogens is 1. The van der Waals surface area contributed by atoms with E-state index in [1.54, 1.807) is 31.2 Å². The van der Waals surface area contributed by atoms with E-state index in [0.717, 1.165) is 17.0 Å². The summed E-state index contributed by atoms with van der Waals surface area (Å²) in [5, 5.41) is 6.59. The summed E-state index contributed by atoms with van der Waals surface area (Å²) in [6.45, 7) is 4.20. The second-order valence-electron chi connectivity index (χ2n) is 6.14. The monoisotopic (exact) mass is 379 g/mol. The van der Waals surface area contributed by atoms with Crippen LogP contribution in [0.4, 0.5) is 5.69 Å². The molecule has 0 spiro atoms. The van der Waals surface area contributed by atoms with Crippen molar-refractivity contribution in [3.05, 3.63) is 81.3 Å². The second-order valence-corrected chi connectivity index (χ2v) is 7.34. The quantitative estimate of drug-likeness (QED) is 0.680. The van der Waals surface area contributed by atoms with Gasteiger partial charge in [-0.25, -0.2) is 4.98 Å². The molecule has 0 atom stereocenters. The first-order valence-corrected chi connectivity index (χ1v) is 9.53. The molecule has 0 aliphatic heterocycles. The van der Waals surface area contributed by atoms with Crippen LogP contribution in [0, 0.1) is 13.8 Å². The number of anilines is 1. The summed E-state index contributed by atoms with van der Waals surface area (Å²) >= 11 is 1.34. The minimum absolute atomic E-state index is 0.209. The maximum absolute atomic E-state index is 12.6. The smallest absolute Gasteiger partial charge is 0.267 e. The molecule has 0 unspecified atom stereocenters. The largest absolute Gasteiger partial charge is 0.352 e. The molecule has 1 heterocycles. The van der Waals surface area contributed by atoms with Crippen molar-refractivity contribution in [3.8, 4) is 0 Å². The van der Waals surface area contributed by atoms with Gasteiger partial charge in [0.1, 0.15) is 4.88 Å². The third-order valence-electron chi connectivity index (χ3n) is 4.07. The summed E-state index contributed by atoms with van der Waals surface area (Å²) in [5.41, 5.74) is 2.79. The molecule has 138 valence electrons. The Labute approximate surface area is 162 Å². The van der Waals surface area contributed by atoms with Crippen molar-refractivity contribution in [1.82, 2.24) is 10.3 Å². The number of para-hydroxylation sites is 1. The number of carbonyl (C=O) groups excluding carboxylic acids is 2. The number of hydrogen-bond acceptors (Lipinski definition) is 4. The zero-order chi connectivity index (χ0) is 19.2. The third kappa shape index (κ3) is 4.80. The van der Waals surface area contributed by atoms with Gasteiger partial charge in [-0.2, -0.15) is 0 Å². The van der Waals surface area contributed by atoms with Crippen molar-refractivity contribution in [2.75, 3.05) is 11.9 Å². The minimum atomic E-state index is -0.248. The number of rotatable bonds is 6. The van der Waals surface area contributed by atoms with Gasteiger partial charge in [0, 0.05) is 6.54 Å². The van der Waals surface area contributed by atoms with Gasteiger partial charge in [0.05, 0.1) is 22.0 Å². The minimum Gasteiger partial charge on any atom is -0.352 e. The number of thiazole rings is 1. The van der Waals surface area contributed by atoms with Crippen LogP contribution in [0.25, 0.3) is 0 Å². The number of amides is 2. The molecule has 6 heteroatoms. The number of nitrogens with zero attached hydrogens (tertiary/aromatic N) is 1. The van der Waals surface area contributed by atoms with Crippen molar-refractivity contribution in [3.63, 3.8) is 0 Å². The Morgan fingerprint density at radius 1 is 0.963 bits per heavy atom. The Morgan fingerprint density at radius 3 is 2.37 bits per heavy atom. The normalized spacial score (nSPS) is 10.4. The summed E-state index contributed by atoms with van der Waals surface area (Å²) in [4.78, 5) is 30.0. The molecular formula is C21H21N3O2S. The van der Waals surface area contributed by atoms with E-state index in [1.807, 2.05) is 37.3 Å². The Hall–Kier alpha value is -2.99. The fourth-order valence-electron chi connectivity index (χ4n) is 2.77. The van der Waals surface area contributed by atoms with E-state index in [2.05, 4.69) is 15.6 Å². The van der Waals surface area contributed by atoms with Crippen molar-refractivity contribution >= 4 is 28.8 Å². The molecule has 0 aliphatic rings. The van der Waals surface area contributed by atoms with E-state index in [4.69, 9.17) is 0 Å². The molecule has 0 saturated carbocycles. The Kier molecular flexibility index (Phi) is 5.98. The lowest BCUT2D eigenvalue weighted by Gasteiger charge is -2.11. The predicted molar refractivity (Wildman–Crippen MR) is 108 cm³/mol. The van der Waals surface area contributed by atoms with Crippen LogP contribution < -0.4 is 10.6 Å². The highest BCUT2D eigenvalue weighted by atomic mass is 32.1. The van der Waals surface area contributed by atoms with Crippen LogP contribution in [-0.4, -0.2) is 23.3 Å². The highest BCUT2D eigenvalue weighted by molar-refractivity contribution is 7.13. The van der Waals surface area contributed by atoms with Crippen molar-refractivity contribution in [1.29, 1.82) is 0 Å². The number of benzene rings is 2. The first-order valence-electron chi connectivity index (χ1n) is 8.71. The highest BCUT2D eigenvalue weighted by Gasteiger charge is 2.17. The maximum atomic E-state index is 12.6. The van der Waals surface area contributed by atoms with Crippen molar-refractivity contribution in [2.24, 2.45) is 0 Å². The number of hydrogen-bond donors (Lipinski definition) is 2. The van der Waals surface area contributed by atoms with Crippen LogP contribution in [0.2, 0.25) is 0 Å². The van der Waals surface area contributed by atoms with Gasteiger partial charge in [-0.1, -0.05) is 42.5 Å². The van der Waals surface area contributed by atoms with Crippen LogP contribution in [0.15, 0.2) is 54.6 Å². The lowest BCUT2D eigenvalue weighted by Crippen LogP contribution is -2.27. The van der Waals surface area contributed by atoms with Gasteiger partial charge in [-0.05, 0) is 38.0 Å². The first kappa shape index (κ1) is 18.8. The van der Waals surface area contributed by atoms with Gasteiger partial charge in [0.2, 0.25) is 0 Å². The average Bonchev–Trinajstić information content (AvgIpc) is 3.01. The average molecular weight is 379 g/mol. The van der Waals surface area contributed by atoms with Gasteiger partial charge < -0.3 is 10.6 Å². The molecule has 5 nitrogen and oxygen atoms in total. The molecule has 0 radical (unpaired) electrons. The van der Waals surface area contributed by atoms with E-state index in [1.165, 1.54) is 11.3 Å². The zero-order valence-corrected chi connectivity index (χ0v) is 16.1. The molecule has 0 bridgehead atoms. The van der Waals surface area contributed by atoms with E-state index in [9.17, 15) is 9.59 Å². The fourth-order valence-corrected chi connectivity index (χ4v) is 3.59. The Balaban J connectivity index is 1.67. The molecule has 2 N–H and O–H groups in total. The van der Waals surface area contributed by atoms with Crippen LogP contribution >= 0.6 is 11.3 Å². The summed E-state index contributed by atoms with van der Waals surface area (Å²) in [7, 11) is 0. The van der Waals surface area contributed by atoms with Gasteiger partial charge in [-0.15, -0.1) is 11.3 Å². The van der Waals surface area contributed by atoms with E-state index in [0.29, 0.717) is 28.4 Å². The molecule has 1 aromatic heterocycles. The van der Waals surface area contributed by atoms with Crippen molar-refractivity contribution in [2.45, 2.75) is 20.3 Å². The summed E-state index contributed by atoms with van der Waals surface area (Å²) in [6.07, 6.45) is 0.750. The molecular weight excluding hydrogens is 358 g/mol. The Bertz CT molecular complexity index is 951. The zero-order valence-electron chi connectivity index (χ0n) is 15.3. The molecule has 0 saturated heterocycles. The molecule has 0 aliphatic carbocycles. The summed E-state index contributed by atoms with van der Waals surface area (Å²) in [5.74, 6) is -0.457. The lowest BCUT2D eigenvalue weighted by molar-refractivity contribution is 0.0955. The maximum Gasteiger partial charge on any atom is 0.267 e. The van der Waals surface area contributed by atoms with Crippen molar-refractivity contribution < 1.29 is 9.59 Å². The molecule has 27 heavy (non-hydrogen) atoms. The topological polar surface area (TPSA) is 71.1 Å². The van der Waals surface area contributed by atoms with E-state index >= 15 is 0 Å². The van der Waals surface area contributed by atoms with E-state index < -0.39 is 0 Å². The van der Waals surface area contributed by atoms with Crippen LogP contribution in [0.1, 0.15) is 36.3 Å². The fraction of sp³-hybridized carbons (Fsp3) is 0.190. The van der Waals surface area contributed by atoms with Gasteiger partial charge in [0.15, 0.2) is 0 Å². The number of aryl methyl sites for hydroxylation is 2.